The van der Waals surface area contributed by atoms with E-state index in [9.17, 15) is 14.7 Å². The Labute approximate surface area is 117 Å². The van der Waals surface area contributed by atoms with E-state index in [1.165, 1.54) is 0 Å². The standard InChI is InChI=1S/C15H18N2O3/c1-8(2)12-14(18)16-13(17(12)4)10-7-5-6-9(3)11(10)15(19)20/h5-8,12H,1-4H3,(H,19,20). The number of aliphatic imine (C=N–C) groups is 1. The monoisotopic (exact) mass is 274 g/mol. The van der Waals surface area contributed by atoms with Crippen molar-refractivity contribution >= 4 is 17.7 Å². The molecule has 1 aromatic carbocycles. The molecule has 1 N–H and O–H groups in total. The third kappa shape index (κ3) is 2.19. The van der Waals surface area contributed by atoms with Crippen molar-refractivity contribution in [3.63, 3.8) is 0 Å². The Morgan fingerprint density at radius 1 is 1.40 bits per heavy atom. The van der Waals surface area contributed by atoms with Crippen LogP contribution in [0.4, 0.5) is 0 Å². The first-order valence-electron chi connectivity index (χ1n) is 6.53. The zero-order chi connectivity index (χ0) is 15.0. The molecule has 1 aliphatic rings. The Morgan fingerprint density at radius 3 is 2.55 bits per heavy atom. The number of likely N-dealkylation sites (N-methyl/N-ethyl adjacent to an activating group) is 1. The minimum Gasteiger partial charge on any atom is -0.478 e. The summed E-state index contributed by atoms with van der Waals surface area (Å²) in [6.45, 7) is 5.64. The number of carbonyl (C=O) groups is 2. The molecule has 0 fully saturated rings. The van der Waals surface area contributed by atoms with E-state index in [1.807, 2.05) is 13.8 Å². The molecule has 0 spiro atoms. The van der Waals surface area contributed by atoms with Crippen molar-refractivity contribution in [2.24, 2.45) is 10.9 Å². The molecule has 0 radical (unpaired) electrons. The van der Waals surface area contributed by atoms with E-state index in [4.69, 9.17) is 0 Å². The number of carboxylic acids is 1. The first-order chi connectivity index (χ1) is 9.34. The van der Waals surface area contributed by atoms with Crippen LogP contribution in [0, 0.1) is 12.8 Å². The summed E-state index contributed by atoms with van der Waals surface area (Å²) in [5.41, 5.74) is 1.36. The summed E-state index contributed by atoms with van der Waals surface area (Å²) in [6.07, 6.45) is 0. The Bertz CT molecular complexity index is 605. The Hall–Kier alpha value is -2.17. The summed E-state index contributed by atoms with van der Waals surface area (Å²) in [5, 5.41) is 9.38. The maximum Gasteiger partial charge on any atom is 0.336 e. The summed E-state index contributed by atoms with van der Waals surface area (Å²) in [4.78, 5) is 29.3. The molecule has 1 heterocycles. The summed E-state index contributed by atoms with van der Waals surface area (Å²) < 4.78 is 0. The van der Waals surface area contributed by atoms with E-state index in [0.29, 0.717) is 17.0 Å². The summed E-state index contributed by atoms with van der Waals surface area (Å²) in [6, 6.07) is 4.89. The number of rotatable bonds is 3. The average Bonchev–Trinajstić information content (AvgIpc) is 2.63. The normalized spacial score (nSPS) is 18.6. The number of carboxylic acid groups (broad SMARTS) is 1. The number of benzene rings is 1. The van der Waals surface area contributed by atoms with Crippen LogP contribution < -0.4 is 0 Å². The smallest absolute Gasteiger partial charge is 0.336 e. The van der Waals surface area contributed by atoms with E-state index in [-0.39, 0.29) is 23.4 Å². The lowest BCUT2D eigenvalue weighted by atomic mass is 9.99. The maximum absolute atomic E-state index is 12.0. The van der Waals surface area contributed by atoms with Crippen LogP contribution in [0.15, 0.2) is 23.2 Å². The molecule has 0 saturated carbocycles. The van der Waals surface area contributed by atoms with Gasteiger partial charge in [-0.05, 0) is 18.4 Å². The summed E-state index contributed by atoms with van der Waals surface area (Å²) in [5.74, 6) is -0.661. The largest absolute Gasteiger partial charge is 0.478 e. The SMILES string of the molecule is Cc1cccc(C2=NC(=O)C(C(C)C)N2C)c1C(=O)O. The first kappa shape index (κ1) is 14.2. The molecule has 0 aromatic heterocycles. The molecule has 0 saturated heterocycles. The van der Waals surface area contributed by atoms with Crippen LogP contribution in [0.3, 0.4) is 0 Å². The van der Waals surface area contributed by atoms with Crippen molar-refractivity contribution in [2.75, 3.05) is 7.05 Å². The van der Waals surface area contributed by atoms with Crippen LogP contribution in [-0.4, -0.2) is 40.8 Å². The topological polar surface area (TPSA) is 70.0 Å². The third-order valence-electron chi connectivity index (χ3n) is 3.58. The number of amides is 1. The fourth-order valence-corrected chi connectivity index (χ4v) is 2.67. The highest BCUT2D eigenvalue weighted by Crippen LogP contribution is 2.24. The molecule has 0 bridgehead atoms. The lowest BCUT2D eigenvalue weighted by Crippen LogP contribution is -2.39. The van der Waals surface area contributed by atoms with Gasteiger partial charge in [-0.15, -0.1) is 0 Å². The fraction of sp³-hybridized carbons (Fsp3) is 0.400. The molecule has 1 aromatic rings. The molecular weight excluding hydrogens is 256 g/mol. The van der Waals surface area contributed by atoms with E-state index in [2.05, 4.69) is 4.99 Å². The number of nitrogens with zero attached hydrogens (tertiary/aromatic N) is 2. The van der Waals surface area contributed by atoms with Gasteiger partial charge < -0.3 is 10.0 Å². The maximum atomic E-state index is 12.0. The second-order valence-corrected chi connectivity index (χ2v) is 5.38. The van der Waals surface area contributed by atoms with Crippen molar-refractivity contribution < 1.29 is 14.7 Å². The third-order valence-corrected chi connectivity index (χ3v) is 3.58. The van der Waals surface area contributed by atoms with Gasteiger partial charge in [0.2, 0.25) is 0 Å². The minimum atomic E-state index is -1.00. The quantitative estimate of drug-likeness (QED) is 0.914. The van der Waals surface area contributed by atoms with Crippen LogP contribution in [-0.2, 0) is 4.79 Å². The van der Waals surface area contributed by atoms with Gasteiger partial charge in [0.15, 0.2) is 0 Å². The molecule has 106 valence electrons. The zero-order valence-corrected chi connectivity index (χ0v) is 12.0. The number of hydrogen-bond acceptors (Lipinski definition) is 3. The van der Waals surface area contributed by atoms with Gasteiger partial charge >= 0.3 is 5.97 Å². The van der Waals surface area contributed by atoms with Crippen molar-refractivity contribution in [1.82, 2.24) is 4.90 Å². The van der Waals surface area contributed by atoms with Gasteiger partial charge in [0.25, 0.3) is 5.91 Å². The first-order valence-corrected chi connectivity index (χ1v) is 6.53. The molecule has 20 heavy (non-hydrogen) atoms. The Morgan fingerprint density at radius 2 is 2.05 bits per heavy atom. The van der Waals surface area contributed by atoms with Gasteiger partial charge in [-0.25, -0.2) is 4.79 Å². The molecule has 0 aliphatic carbocycles. The fourth-order valence-electron chi connectivity index (χ4n) is 2.67. The lowest BCUT2D eigenvalue weighted by Gasteiger charge is -2.25. The van der Waals surface area contributed by atoms with Gasteiger partial charge in [0, 0.05) is 12.6 Å². The number of carbonyl (C=O) groups excluding carboxylic acids is 1. The lowest BCUT2D eigenvalue weighted by molar-refractivity contribution is -0.121. The second-order valence-electron chi connectivity index (χ2n) is 5.38. The van der Waals surface area contributed by atoms with Crippen molar-refractivity contribution in [3.8, 4) is 0 Å². The van der Waals surface area contributed by atoms with Gasteiger partial charge in [-0.1, -0.05) is 32.0 Å². The molecule has 5 heteroatoms. The summed E-state index contributed by atoms with van der Waals surface area (Å²) in [7, 11) is 1.78. The van der Waals surface area contributed by atoms with Crippen LogP contribution in [0.25, 0.3) is 0 Å². The number of aromatic carboxylic acids is 1. The molecule has 2 rings (SSSR count). The molecular formula is C15H18N2O3. The predicted octanol–water partition coefficient (Wildman–Crippen LogP) is 1.94. The van der Waals surface area contributed by atoms with Crippen LogP contribution in [0.5, 0.6) is 0 Å². The highest BCUT2D eigenvalue weighted by atomic mass is 16.4. The number of amidine groups is 1. The predicted molar refractivity (Wildman–Crippen MR) is 76.1 cm³/mol. The highest BCUT2D eigenvalue weighted by Gasteiger charge is 2.36. The van der Waals surface area contributed by atoms with Crippen LogP contribution in [0.1, 0.15) is 35.3 Å². The molecule has 1 amide bonds. The van der Waals surface area contributed by atoms with E-state index < -0.39 is 5.97 Å². The van der Waals surface area contributed by atoms with Gasteiger partial charge in [-0.2, -0.15) is 4.99 Å². The van der Waals surface area contributed by atoms with E-state index >= 15 is 0 Å². The Kier molecular flexibility index (Phi) is 3.61. The van der Waals surface area contributed by atoms with Crippen molar-refractivity contribution in [3.05, 3.63) is 34.9 Å². The average molecular weight is 274 g/mol. The van der Waals surface area contributed by atoms with E-state index in [0.717, 1.165) is 0 Å². The Balaban J connectivity index is 2.54. The van der Waals surface area contributed by atoms with Crippen LogP contribution in [0.2, 0.25) is 0 Å². The van der Waals surface area contributed by atoms with Gasteiger partial charge in [0.05, 0.1) is 5.56 Å². The van der Waals surface area contributed by atoms with Crippen molar-refractivity contribution in [1.29, 1.82) is 0 Å². The molecule has 1 aliphatic heterocycles. The molecule has 5 nitrogen and oxygen atoms in total. The van der Waals surface area contributed by atoms with Gasteiger partial charge in [0.1, 0.15) is 11.9 Å². The molecule has 1 unspecified atom stereocenters. The highest BCUT2D eigenvalue weighted by molar-refractivity contribution is 6.15. The summed E-state index contributed by atoms with van der Waals surface area (Å²) >= 11 is 0. The number of aryl methyl sites for hydroxylation is 1. The van der Waals surface area contributed by atoms with Gasteiger partial charge in [-0.3, -0.25) is 4.79 Å². The zero-order valence-electron chi connectivity index (χ0n) is 12.0. The second kappa shape index (κ2) is 5.07. The molecule has 1 atom stereocenters. The minimum absolute atomic E-state index is 0.117. The van der Waals surface area contributed by atoms with Crippen molar-refractivity contribution in [2.45, 2.75) is 26.8 Å². The van der Waals surface area contributed by atoms with E-state index in [1.54, 1.807) is 37.1 Å². The van der Waals surface area contributed by atoms with Crippen LogP contribution >= 0.6 is 0 Å². The number of hydrogen-bond donors (Lipinski definition) is 1.